The van der Waals surface area contributed by atoms with Crippen LogP contribution in [-0.4, -0.2) is 76.4 Å². The number of aliphatic carboxylic acids is 1. The van der Waals surface area contributed by atoms with Crippen molar-refractivity contribution in [1.29, 1.82) is 0 Å². The van der Waals surface area contributed by atoms with Crippen molar-refractivity contribution in [3.63, 3.8) is 0 Å². The van der Waals surface area contributed by atoms with Crippen LogP contribution in [0, 0.1) is 5.92 Å². The molecule has 31 heavy (non-hydrogen) atoms. The summed E-state index contributed by atoms with van der Waals surface area (Å²) in [5.74, 6) is -4.02. The minimum atomic E-state index is -1.25. The highest BCUT2D eigenvalue weighted by molar-refractivity contribution is 7.80. The zero-order chi connectivity index (χ0) is 24.3. The first-order chi connectivity index (χ1) is 14.4. The Morgan fingerprint density at radius 2 is 1.29 bits per heavy atom. The lowest BCUT2D eigenvalue weighted by Gasteiger charge is -2.27. The van der Waals surface area contributed by atoms with Crippen LogP contribution in [0.3, 0.4) is 0 Å². The van der Waals surface area contributed by atoms with E-state index < -0.39 is 59.8 Å². The Balaban J connectivity index is 5.12. The average Bonchev–Trinajstić information content (AvgIpc) is 2.73. The van der Waals surface area contributed by atoms with Gasteiger partial charge in [0.1, 0.15) is 24.2 Å². The number of carboxylic acid groups (broad SMARTS) is 1. The van der Waals surface area contributed by atoms with Gasteiger partial charge in [-0.1, -0.05) is 20.3 Å². The Bertz CT molecular complexity index is 665. The third-order valence-corrected chi connectivity index (χ3v) is 5.39. The summed E-state index contributed by atoms with van der Waals surface area (Å²) in [5, 5.41) is 18.8. The van der Waals surface area contributed by atoms with E-state index in [0.717, 1.165) is 0 Å². The Labute approximate surface area is 192 Å². The van der Waals surface area contributed by atoms with Gasteiger partial charge in [0.2, 0.25) is 23.6 Å². The number of rotatable bonds is 13. The lowest BCUT2D eigenvalue weighted by Crippen LogP contribution is -2.59. The van der Waals surface area contributed by atoms with Crippen LogP contribution < -0.4 is 27.0 Å². The number of carbonyl (C=O) groups is 5. The molecule has 0 unspecified atom stereocenters. The third kappa shape index (κ3) is 9.78. The number of hydrogen-bond donors (Lipinski definition) is 8. The van der Waals surface area contributed by atoms with E-state index in [-0.39, 0.29) is 17.4 Å². The average molecular weight is 480 g/mol. The maximum Gasteiger partial charge on any atom is 0.327 e. The van der Waals surface area contributed by atoms with Crippen LogP contribution in [0.1, 0.15) is 34.1 Å². The number of amides is 4. The number of carboxylic acids is 1. The molecule has 0 fully saturated rings. The van der Waals surface area contributed by atoms with E-state index >= 15 is 0 Å². The summed E-state index contributed by atoms with van der Waals surface area (Å²) >= 11 is 7.79. The molecule has 0 rings (SSSR count). The van der Waals surface area contributed by atoms with Crippen LogP contribution in [0.2, 0.25) is 0 Å². The molecule has 0 spiro atoms. The van der Waals surface area contributed by atoms with Gasteiger partial charge in [0.25, 0.3) is 0 Å². The fourth-order valence-corrected chi connectivity index (χ4v) is 2.71. The number of thiol groups is 2. The summed E-state index contributed by atoms with van der Waals surface area (Å²) in [6.07, 6.45) is 0.547. The van der Waals surface area contributed by atoms with Gasteiger partial charge in [-0.2, -0.15) is 25.3 Å². The molecule has 4 amide bonds. The maximum atomic E-state index is 12.7. The van der Waals surface area contributed by atoms with Gasteiger partial charge in [0, 0.05) is 11.5 Å². The maximum absolute atomic E-state index is 12.7. The van der Waals surface area contributed by atoms with E-state index in [0.29, 0.717) is 6.42 Å². The third-order valence-electron chi connectivity index (χ3n) is 4.63. The van der Waals surface area contributed by atoms with Crippen molar-refractivity contribution in [3.8, 4) is 0 Å². The molecular weight excluding hydrogens is 446 g/mol. The summed E-state index contributed by atoms with van der Waals surface area (Å²) in [6.45, 7) is 6.41. The molecule has 0 saturated carbocycles. The Kier molecular flexibility index (Phi) is 13.2. The molecule has 0 aliphatic heterocycles. The molecular formula is C18H33N5O6S2. The molecule has 0 aromatic rings. The zero-order valence-electron chi connectivity index (χ0n) is 18.0. The number of carbonyl (C=O) groups excluding carboxylic acids is 4. The monoisotopic (exact) mass is 479 g/mol. The summed E-state index contributed by atoms with van der Waals surface area (Å²) in [7, 11) is 0. The smallest absolute Gasteiger partial charge is 0.327 e. The lowest BCUT2D eigenvalue weighted by molar-refractivity contribution is -0.141. The van der Waals surface area contributed by atoms with Gasteiger partial charge in [-0.05, 0) is 19.8 Å². The molecule has 13 heteroatoms. The van der Waals surface area contributed by atoms with Crippen molar-refractivity contribution in [2.24, 2.45) is 11.7 Å². The second kappa shape index (κ2) is 14.1. The molecule has 0 saturated heterocycles. The number of nitrogens with one attached hydrogen (secondary N) is 4. The summed E-state index contributed by atoms with van der Waals surface area (Å²) in [4.78, 5) is 60.3. The Morgan fingerprint density at radius 1 is 0.806 bits per heavy atom. The summed E-state index contributed by atoms with van der Waals surface area (Å²) in [5.41, 5.74) is 5.57. The zero-order valence-corrected chi connectivity index (χ0v) is 19.8. The lowest BCUT2D eigenvalue weighted by atomic mass is 9.97. The largest absolute Gasteiger partial charge is 0.480 e. The molecule has 0 aromatic carbocycles. The van der Waals surface area contributed by atoms with Crippen LogP contribution in [0.15, 0.2) is 0 Å². The van der Waals surface area contributed by atoms with E-state index in [2.05, 4.69) is 46.5 Å². The van der Waals surface area contributed by atoms with Crippen LogP contribution in [0.25, 0.3) is 0 Å². The first-order valence-electron chi connectivity index (χ1n) is 9.81. The van der Waals surface area contributed by atoms with Gasteiger partial charge in [-0.3, -0.25) is 19.2 Å². The second-order valence-electron chi connectivity index (χ2n) is 7.20. The Morgan fingerprint density at radius 3 is 1.71 bits per heavy atom. The van der Waals surface area contributed by atoms with Crippen molar-refractivity contribution in [2.45, 2.75) is 64.3 Å². The molecule has 0 aromatic heterocycles. The molecule has 0 heterocycles. The summed E-state index contributed by atoms with van der Waals surface area (Å²) in [6, 6.07) is -5.06. The van der Waals surface area contributed by atoms with E-state index in [1.807, 2.05) is 6.92 Å². The number of nitrogens with two attached hydrogens (primary N) is 1. The highest BCUT2D eigenvalue weighted by Gasteiger charge is 2.31. The van der Waals surface area contributed by atoms with Gasteiger partial charge in [-0.25, -0.2) is 4.79 Å². The molecule has 178 valence electrons. The first-order valence-corrected chi connectivity index (χ1v) is 11.1. The van der Waals surface area contributed by atoms with E-state index in [1.54, 1.807) is 6.92 Å². The predicted molar refractivity (Wildman–Crippen MR) is 122 cm³/mol. The van der Waals surface area contributed by atoms with Crippen molar-refractivity contribution < 1.29 is 29.1 Å². The van der Waals surface area contributed by atoms with Gasteiger partial charge in [0.15, 0.2) is 0 Å². The molecule has 11 nitrogen and oxygen atoms in total. The second-order valence-corrected chi connectivity index (χ2v) is 7.93. The van der Waals surface area contributed by atoms with E-state index in [1.165, 1.54) is 13.8 Å². The normalized spacial score (nSPS) is 16.6. The number of hydrogen-bond acceptors (Lipinski definition) is 8. The summed E-state index contributed by atoms with van der Waals surface area (Å²) < 4.78 is 0. The minimum Gasteiger partial charge on any atom is -0.480 e. The fourth-order valence-electron chi connectivity index (χ4n) is 2.30. The van der Waals surface area contributed by atoms with Crippen LogP contribution in [0.5, 0.6) is 0 Å². The Hall–Kier alpha value is -1.99. The van der Waals surface area contributed by atoms with Crippen molar-refractivity contribution in [1.82, 2.24) is 21.3 Å². The van der Waals surface area contributed by atoms with Crippen molar-refractivity contribution in [2.75, 3.05) is 11.5 Å². The highest BCUT2D eigenvalue weighted by Crippen LogP contribution is 2.09. The molecule has 6 atom stereocenters. The first kappa shape index (κ1) is 29.0. The van der Waals surface area contributed by atoms with Crippen molar-refractivity contribution >= 4 is 54.9 Å². The highest BCUT2D eigenvalue weighted by atomic mass is 32.1. The van der Waals surface area contributed by atoms with Gasteiger partial charge >= 0.3 is 5.97 Å². The predicted octanol–water partition coefficient (Wildman–Crippen LogP) is -1.72. The van der Waals surface area contributed by atoms with Gasteiger partial charge in [-0.15, -0.1) is 0 Å². The molecule has 0 aliphatic carbocycles. The minimum absolute atomic E-state index is 0.105. The van der Waals surface area contributed by atoms with Crippen molar-refractivity contribution in [3.05, 3.63) is 0 Å². The molecule has 7 N–H and O–H groups in total. The van der Waals surface area contributed by atoms with Gasteiger partial charge < -0.3 is 32.1 Å². The molecule has 0 aliphatic rings. The molecule has 0 radical (unpaired) electrons. The van der Waals surface area contributed by atoms with Crippen LogP contribution in [-0.2, 0) is 24.0 Å². The quantitative estimate of drug-likeness (QED) is 0.145. The topological polar surface area (TPSA) is 180 Å². The van der Waals surface area contributed by atoms with E-state index in [4.69, 9.17) is 10.8 Å². The standard InChI is InChI=1S/C18H33N5O6S2/c1-5-8(2)13(23-15(25)10(4)20-16(26)11(19)6-30)17(27)21-9(3)14(24)22-12(7-31)18(28)29/h8-13,30-31H,5-7,19H2,1-4H3,(H,20,26)(H,21,27)(H,22,24)(H,23,25)(H,28,29)/t8-,9-,10-,11-,12-,13-/m0/s1. The SMILES string of the molecule is CC[C@H](C)[C@H](NC(=O)[C@H](C)NC(=O)[C@@H](N)CS)C(=O)N[C@@H](C)C(=O)N[C@@H](CS)C(=O)O. The molecule has 0 bridgehead atoms. The fraction of sp³-hybridized carbons (Fsp3) is 0.722. The van der Waals surface area contributed by atoms with Gasteiger partial charge in [0.05, 0.1) is 6.04 Å². The van der Waals surface area contributed by atoms with Crippen LogP contribution >= 0.6 is 25.3 Å². The van der Waals surface area contributed by atoms with Crippen LogP contribution in [0.4, 0.5) is 0 Å². The van der Waals surface area contributed by atoms with E-state index in [9.17, 15) is 24.0 Å².